The molecule has 1 aliphatic rings. The zero-order valence-electron chi connectivity index (χ0n) is 13.1. The first-order valence-electron chi connectivity index (χ1n) is 7.04. The molecule has 0 N–H and O–H groups in total. The summed E-state index contributed by atoms with van der Waals surface area (Å²) in [5.74, 6) is -0.392. The first-order chi connectivity index (χ1) is 10.2. The standard InChI is InChI=1S/C15H20F2N2O3/c1-15(2,3)22-14(20)19-8-10(17)6-12(19)11-5-9(16)7-18-13(11)21-4/h5,7,10,12H,6,8H2,1-4H3/t10-,12+/m0/s1. The molecule has 122 valence electrons. The third kappa shape index (κ3) is 3.64. The number of alkyl halides is 1. The topological polar surface area (TPSA) is 51.7 Å². The lowest BCUT2D eigenvalue weighted by atomic mass is 10.1. The van der Waals surface area contributed by atoms with Crippen LogP contribution in [0.2, 0.25) is 0 Å². The molecule has 22 heavy (non-hydrogen) atoms. The highest BCUT2D eigenvalue weighted by Gasteiger charge is 2.40. The normalized spacial score (nSPS) is 21.8. The Kier molecular flexibility index (Phi) is 4.53. The van der Waals surface area contributed by atoms with E-state index in [-0.39, 0.29) is 18.8 Å². The van der Waals surface area contributed by atoms with Gasteiger partial charge in [0.2, 0.25) is 5.88 Å². The zero-order valence-corrected chi connectivity index (χ0v) is 13.1. The predicted molar refractivity (Wildman–Crippen MR) is 75.9 cm³/mol. The van der Waals surface area contributed by atoms with Gasteiger partial charge in [-0.25, -0.2) is 18.6 Å². The van der Waals surface area contributed by atoms with E-state index in [1.807, 2.05) is 0 Å². The summed E-state index contributed by atoms with van der Waals surface area (Å²) in [7, 11) is 1.39. The monoisotopic (exact) mass is 314 g/mol. The Morgan fingerprint density at radius 2 is 2.14 bits per heavy atom. The minimum Gasteiger partial charge on any atom is -0.481 e. The number of rotatable bonds is 2. The molecular formula is C15H20F2N2O3. The molecule has 0 unspecified atom stereocenters. The molecule has 0 spiro atoms. The number of nitrogens with zero attached hydrogens (tertiary/aromatic N) is 2. The minimum atomic E-state index is -1.20. The highest BCUT2D eigenvalue weighted by Crippen LogP contribution is 2.38. The summed E-state index contributed by atoms with van der Waals surface area (Å²) in [6.07, 6.45) is -0.766. The fourth-order valence-electron chi connectivity index (χ4n) is 2.45. The van der Waals surface area contributed by atoms with Crippen LogP contribution in [0.15, 0.2) is 12.3 Å². The quantitative estimate of drug-likeness (QED) is 0.841. The van der Waals surface area contributed by atoms with E-state index in [1.165, 1.54) is 18.1 Å². The molecule has 0 saturated carbocycles. The van der Waals surface area contributed by atoms with Crippen LogP contribution in [0.4, 0.5) is 13.6 Å². The number of amides is 1. The van der Waals surface area contributed by atoms with Crippen LogP contribution in [0.5, 0.6) is 5.88 Å². The third-order valence-corrected chi connectivity index (χ3v) is 3.28. The van der Waals surface area contributed by atoms with Crippen LogP contribution in [0.3, 0.4) is 0 Å². The summed E-state index contributed by atoms with van der Waals surface area (Å²) >= 11 is 0. The molecule has 2 atom stereocenters. The third-order valence-electron chi connectivity index (χ3n) is 3.28. The van der Waals surface area contributed by atoms with E-state index >= 15 is 0 Å². The average molecular weight is 314 g/mol. The van der Waals surface area contributed by atoms with Crippen molar-refractivity contribution >= 4 is 6.09 Å². The van der Waals surface area contributed by atoms with Crippen molar-refractivity contribution in [2.24, 2.45) is 0 Å². The molecule has 1 saturated heterocycles. The average Bonchev–Trinajstić information content (AvgIpc) is 2.79. The number of hydrogen-bond donors (Lipinski definition) is 0. The van der Waals surface area contributed by atoms with Gasteiger partial charge in [-0.05, 0) is 26.8 Å². The summed E-state index contributed by atoms with van der Waals surface area (Å²) in [6.45, 7) is 5.09. The largest absolute Gasteiger partial charge is 0.481 e. The maximum atomic E-state index is 13.8. The molecule has 1 amide bonds. The van der Waals surface area contributed by atoms with Gasteiger partial charge in [0.1, 0.15) is 17.6 Å². The lowest BCUT2D eigenvalue weighted by Crippen LogP contribution is -2.37. The molecule has 0 bridgehead atoms. The number of likely N-dealkylation sites (tertiary alicyclic amines) is 1. The maximum absolute atomic E-state index is 13.8. The molecule has 7 heteroatoms. The van der Waals surface area contributed by atoms with Gasteiger partial charge >= 0.3 is 6.09 Å². The number of ether oxygens (including phenoxy) is 2. The molecule has 1 fully saturated rings. The van der Waals surface area contributed by atoms with Crippen molar-refractivity contribution in [3.63, 3.8) is 0 Å². The minimum absolute atomic E-state index is 0.0563. The Labute approximate surface area is 128 Å². The number of methoxy groups -OCH3 is 1. The summed E-state index contributed by atoms with van der Waals surface area (Å²) < 4.78 is 37.7. The van der Waals surface area contributed by atoms with E-state index in [2.05, 4.69) is 4.98 Å². The van der Waals surface area contributed by atoms with Crippen LogP contribution >= 0.6 is 0 Å². The van der Waals surface area contributed by atoms with Gasteiger partial charge in [-0.3, -0.25) is 4.90 Å². The second kappa shape index (κ2) is 6.06. The van der Waals surface area contributed by atoms with Crippen LogP contribution in [0.1, 0.15) is 38.8 Å². The fraction of sp³-hybridized carbons (Fsp3) is 0.600. The summed E-state index contributed by atoms with van der Waals surface area (Å²) in [5, 5.41) is 0. The molecule has 2 rings (SSSR count). The van der Waals surface area contributed by atoms with Gasteiger partial charge in [-0.1, -0.05) is 0 Å². The SMILES string of the molecule is COc1ncc(F)cc1[C@H]1C[C@H](F)CN1C(=O)OC(C)(C)C. The molecular weight excluding hydrogens is 294 g/mol. The van der Waals surface area contributed by atoms with Crippen molar-refractivity contribution in [2.75, 3.05) is 13.7 Å². The summed E-state index contributed by atoms with van der Waals surface area (Å²) in [4.78, 5) is 17.4. The number of hydrogen-bond acceptors (Lipinski definition) is 4. The van der Waals surface area contributed by atoms with E-state index in [9.17, 15) is 13.6 Å². The number of carbonyl (C=O) groups excluding carboxylic acids is 1. The first kappa shape index (κ1) is 16.5. The van der Waals surface area contributed by atoms with E-state index < -0.39 is 29.7 Å². The van der Waals surface area contributed by atoms with Crippen molar-refractivity contribution in [1.82, 2.24) is 9.88 Å². The Hall–Kier alpha value is -1.92. The van der Waals surface area contributed by atoms with Gasteiger partial charge < -0.3 is 9.47 Å². The van der Waals surface area contributed by atoms with Crippen LogP contribution in [-0.4, -0.2) is 41.4 Å². The molecule has 0 radical (unpaired) electrons. The van der Waals surface area contributed by atoms with Crippen LogP contribution < -0.4 is 4.74 Å². The second-order valence-corrected chi connectivity index (χ2v) is 6.23. The Morgan fingerprint density at radius 1 is 1.45 bits per heavy atom. The van der Waals surface area contributed by atoms with E-state index in [4.69, 9.17) is 9.47 Å². The molecule has 1 aliphatic heterocycles. The highest BCUT2D eigenvalue weighted by molar-refractivity contribution is 5.69. The van der Waals surface area contributed by atoms with Crippen LogP contribution in [0.25, 0.3) is 0 Å². The lowest BCUT2D eigenvalue weighted by Gasteiger charge is -2.28. The Balaban J connectivity index is 2.32. The first-order valence-corrected chi connectivity index (χ1v) is 7.04. The number of carbonyl (C=O) groups is 1. The molecule has 0 aromatic carbocycles. The molecule has 0 aliphatic carbocycles. The predicted octanol–water partition coefficient (Wildman–Crippen LogP) is 3.25. The van der Waals surface area contributed by atoms with Gasteiger partial charge in [-0.15, -0.1) is 0 Å². The maximum Gasteiger partial charge on any atom is 0.410 e. The highest BCUT2D eigenvalue weighted by atomic mass is 19.1. The van der Waals surface area contributed by atoms with Crippen molar-refractivity contribution in [2.45, 2.75) is 45.0 Å². The molecule has 1 aromatic rings. The van der Waals surface area contributed by atoms with Crippen molar-refractivity contribution in [3.8, 4) is 5.88 Å². The van der Waals surface area contributed by atoms with Crippen molar-refractivity contribution < 1.29 is 23.0 Å². The Bertz CT molecular complexity index is 560. The summed E-state index contributed by atoms with van der Waals surface area (Å²) in [6, 6.07) is 0.550. The molecule has 5 nitrogen and oxygen atoms in total. The molecule has 2 heterocycles. The van der Waals surface area contributed by atoms with Crippen molar-refractivity contribution in [1.29, 1.82) is 0 Å². The van der Waals surface area contributed by atoms with Gasteiger partial charge in [0.05, 0.1) is 25.9 Å². The van der Waals surface area contributed by atoms with E-state index in [1.54, 1.807) is 20.8 Å². The van der Waals surface area contributed by atoms with Gasteiger partial charge in [0.25, 0.3) is 0 Å². The number of aromatic nitrogens is 1. The van der Waals surface area contributed by atoms with Gasteiger partial charge in [-0.2, -0.15) is 0 Å². The number of pyridine rings is 1. The van der Waals surface area contributed by atoms with Gasteiger partial charge in [0, 0.05) is 12.0 Å². The second-order valence-electron chi connectivity index (χ2n) is 6.23. The number of halogens is 2. The van der Waals surface area contributed by atoms with E-state index in [0.717, 1.165) is 6.20 Å². The summed E-state index contributed by atoms with van der Waals surface area (Å²) in [5.41, 5.74) is -0.353. The van der Waals surface area contributed by atoms with Gasteiger partial charge in [0.15, 0.2) is 0 Å². The van der Waals surface area contributed by atoms with E-state index in [0.29, 0.717) is 5.56 Å². The Morgan fingerprint density at radius 3 is 2.73 bits per heavy atom. The zero-order chi connectivity index (χ0) is 16.5. The lowest BCUT2D eigenvalue weighted by molar-refractivity contribution is 0.0214. The van der Waals surface area contributed by atoms with Crippen LogP contribution in [0, 0.1) is 5.82 Å². The van der Waals surface area contributed by atoms with Crippen LogP contribution in [-0.2, 0) is 4.74 Å². The smallest absolute Gasteiger partial charge is 0.410 e. The fourth-order valence-corrected chi connectivity index (χ4v) is 2.45. The van der Waals surface area contributed by atoms with Crippen molar-refractivity contribution in [3.05, 3.63) is 23.6 Å². The molecule has 1 aromatic heterocycles.